The van der Waals surface area contributed by atoms with Crippen molar-refractivity contribution < 1.29 is 14.3 Å². The smallest absolute Gasteiger partial charge is 0.238 e. The molecule has 2 aromatic rings. The highest BCUT2D eigenvalue weighted by atomic mass is 16.5. The SMILES string of the molecule is CCc1ccc(NC(=O)CN2CCc3cc(OC)c(OC)cc3C2)cc1. The van der Waals surface area contributed by atoms with Crippen LogP contribution < -0.4 is 14.8 Å². The zero-order valence-corrected chi connectivity index (χ0v) is 15.7. The minimum absolute atomic E-state index is 0.0122. The lowest BCUT2D eigenvalue weighted by Gasteiger charge is -2.29. The number of carbonyl (C=O) groups excluding carboxylic acids is 1. The van der Waals surface area contributed by atoms with E-state index in [-0.39, 0.29) is 5.91 Å². The number of nitrogens with one attached hydrogen (secondary N) is 1. The van der Waals surface area contributed by atoms with Gasteiger partial charge in [-0.15, -0.1) is 0 Å². The van der Waals surface area contributed by atoms with Crippen molar-refractivity contribution in [3.05, 3.63) is 53.1 Å². The Labute approximate surface area is 154 Å². The van der Waals surface area contributed by atoms with Crippen LogP contribution >= 0.6 is 0 Å². The zero-order valence-electron chi connectivity index (χ0n) is 15.7. The fraction of sp³-hybridized carbons (Fsp3) is 0.381. The van der Waals surface area contributed by atoms with Gasteiger partial charge in [0.25, 0.3) is 0 Å². The predicted octanol–water partition coefficient (Wildman–Crippen LogP) is 3.26. The number of methoxy groups -OCH3 is 2. The molecule has 0 fully saturated rings. The van der Waals surface area contributed by atoms with Crippen LogP contribution in [-0.4, -0.2) is 38.1 Å². The molecule has 1 aliphatic heterocycles. The van der Waals surface area contributed by atoms with Crippen molar-refractivity contribution in [2.45, 2.75) is 26.3 Å². The van der Waals surface area contributed by atoms with E-state index in [4.69, 9.17) is 9.47 Å². The summed E-state index contributed by atoms with van der Waals surface area (Å²) < 4.78 is 10.8. The summed E-state index contributed by atoms with van der Waals surface area (Å²) in [6.45, 7) is 4.08. The van der Waals surface area contributed by atoms with Gasteiger partial charge in [-0.25, -0.2) is 0 Å². The third kappa shape index (κ3) is 4.17. The first kappa shape index (κ1) is 18.3. The first-order valence-electron chi connectivity index (χ1n) is 8.97. The summed E-state index contributed by atoms with van der Waals surface area (Å²) in [5.41, 5.74) is 4.56. The molecule has 0 unspecified atom stereocenters. The van der Waals surface area contributed by atoms with Crippen LogP contribution in [0.5, 0.6) is 11.5 Å². The summed E-state index contributed by atoms with van der Waals surface area (Å²) in [7, 11) is 3.29. The van der Waals surface area contributed by atoms with Crippen molar-refractivity contribution in [3.8, 4) is 11.5 Å². The Hall–Kier alpha value is -2.53. The van der Waals surface area contributed by atoms with Crippen molar-refractivity contribution in [1.29, 1.82) is 0 Å². The highest BCUT2D eigenvalue weighted by molar-refractivity contribution is 5.92. The van der Waals surface area contributed by atoms with Gasteiger partial charge in [-0.3, -0.25) is 9.69 Å². The third-order valence-corrected chi connectivity index (χ3v) is 4.81. The molecule has 0 aliphatic carbocycles. The maximum Gasteiger partial charge on any atom is 0.238 e. The monoisotopic (exact) mass is 354 g/mol. The molecule has 138 valence electrons. The Morgan fingerprint density at radius 2 is 1.73 bits per heavy atom. The van der Waals surface area contributed by atoms with E-state index in [0.717, 1.165) is 43.1 Å². The summed E-state index contributed by atoms with van der Waals surface area (Å²) >= 11 is 0. The first-order chi connectivity index (χ1) is 12.6. The summed E-state index contributed by atoms with van der Waals surface area (Å²) in [5.74, 6) is 1.50. The zero-order chi connectivity index (χ0) is 18.5. The largest absolute Gasteiger partial charge is 0.493 e. The lowest BCUT2D eigenvalue weighted by atomic mass is 9.99. The number of benzene rings is 2. The molecular weight excluding hydrogens is 328 g/mol. The van der Waals surface area contributed by atoms with Gasteiger partial charge >= 0.3 is 0 Å². The van der Waals surface area contributed by atoms with Crippen molar-refractivity contribution >= 4 is 11.6 Å². The molecule has 5 nitrogen and oxygen atoms in total. The number of anilines is 1. The van der Waals surface area contributed by atoms with Crippen molar-refractivity contribution in [2.24, 2.45) is 0 Å². The maximum absolute atomic E-state index is 12.4. The molecule has 2 aromatic carbocycles. The topological polar surface area (TPSA) is 50.8 Å². The van der Waals surface area contributed by atoms with Gasteiger partial charge in [-0.2, -0.15) is 0 Å². The van der Waals surface area contributed by atoms with Gasteiger partial charge in [-0.05, 0) is 53.8 Å². The van der Waals surface area contributed by atoms with Crippen molar-refractivity contribution in [3.63, 3.8) is 0 Å². The van der Waals surface area contributed by atoms with Crippen LogP contribution in [0.3, 0.4) is 0 Å². The van der Waals surface area contributed by atoms with Crippen LogP contribution in [0, 0.1) is 0 Å². The van der Waals surface area contributed by atoms with E-state index < -0.39 is 0 Å². The van der Waals surface area contributed by atoms with E-state index in [1.54, 1.807) is 14.2 Å². The van der Waals surface area contributed by atoms with Crippen LogP contribution in [0.25, 0.3) is 0 Å². The van der Waals surface area contributed by atoms with E-state index in [2.05, 4.69) is 17.1 Å². The number of hydrogen-bond acceptors (Lipinski definition) is 4. The van der Waals surface area contributed by atoms with Gasteiger partial charge in [0.1, 0.15) is 0 Å². The van der Waals surface area contributed by atoms with Crippen LogP contribution in [0.1, 0.15) is 23.6 Å². The molecule has 0 atom stereocenters. The Morgan fingerprint density at radius 1 is 1.08 bits per heavy atom. The van der Waals surface area contributed by atoms with Crippen LogP contribution in [0.2, 0.25) is 0 Å². The number of fused-ring (bicyclic) bond motifs is 1. The fourth-order valence-electron chi connectivity index (χ4n) is 3.30. The predicted molar refractivity (Wildman–Crippen MR) is 103 cm³/mol. The molecule has 0 spiro atoms. The quantitative estimate of drug-likeness (QED) is 0.865. The molecule has 1 amide bonds. The molecule has 0 aromatic heterocycles. The molecule has 0 radical (unpaired) electrons. The minimum Gasteiger partial charge on any atom is -0.493 e. The minimum atomic E-state index is 0.0122. The van der Waals surface area contributed by atoms with Crippen LogP contribution in [0.15, 0.2) is 36.4 Å². The van der Waals surface area contributed by atoms with E-state index in [9.17, 15) is 4.79 Å². The van der Waals surface area contributed by atoms with Crippen molar-refractivity contribution in [2.75, 3.05) is 32.6 Å². The third-order valence-electron chi connectivity index (χ3n) is 4.81. The number of rotatable bonds is 6. The average molecular weight is 354 g/mol. The van der Waals surface area contributed by atoms with Gasteiger partial charge < -0.3 is 14.8 Å². The van der Waals surface area contributed by atoms with Crippen LogP contribution in [0.4, 0.5) is 5.69 Å². The summed E-state index contributed by atoms with van der Waals surface area (Å²) in [4.78, 5) is 14.5. The Morgan fingerprint density at radius 3 is 2.35 bits per heavy atom. The molecule has 26 heavy (non-hydrogen) atoms. The molecular formula is C21H26N2O3. The summed E-state index contributed by atoms with van der Waals surface area (Å²) in [6.07, 6.45) is 1.89. The lowest BCUT2D eigenvalue weighted by Crippen LogP contribution is -2.37. The second kappa shape index (κ2) is 8.23. The van der Waals surface area contributed by atoms with Gasteiger partial charge in [0, 0.05) is 18.8 Å². The molecule has 1 aliphatic rings. The molecule has 3 rings (SSSR count). The average Bonchev–Trinajstić information content (AvgIpc) is 2.67. The van der Waals surface area contributed by atoms with E-state index in [1.165, 1.54) is 16.7 Å². The molecule has 0 bridgehead atoms. The Kier molecular flexibility index (Phi) is 5.78. The highest BCUT2D eigenvalue weighted by Crippen LogP contribution is 2.33. The Bertz CT molecular complexity index is 772. The second-order valence-corrected chi connectivity index (χ2v) is 6.54. The Balaban J connectivity index is 1.62. The van der Waals surface area contributed by atoms with E-state index in [0.29, 0.717) is 6.54 Å². The maximum atomic E-state index is 12.4. The molecule has 5 heteroatoms. The summed E-state index contributed by atoms with van der Waals surface area (Å²) in [5, 5.41) is 2.98. The van der Waals surface area contributed by atoms with Gasteiger partial charge in [0.05, 0.1) is 20.8 Å². The van der Waals surface area contributed by atoms with Crippen LogP contribution in [-0.2, 0) is 24.2 Å². The van der Waals surface area contributed by atoms with Gasteiger partial charge in [0.2, 0.25) is 5.91 Å². The van der Waals surface area contributed by atoms with E-state index >= 15 is 0 Å². The second-order valence-electron chi connectivity index (χ2n) is 6.54. The highest BCUT2D eigenvalue weighted by Gasteiger charge is 2.21. The van der Waals surface area contributed by atoms with E-state index in [1.807, 2.05) is 36.4 Å². The number of amides is 1. The fourth-order valence-corrected chi connectivity index (χ4v) is 3.30. The molecule has 1 N–H and O–H groups in total. The van der Waals surface area contributed by atoms with Crippen molar-refractivity contribution in [1.82, 2.24) is 4.90 Å². The number of ether oxygens (including phenoxy) is 2. The van der Waals surface area contributed by atoms with Gasteiger partial charge in [0.15, 0.2) is 11.5 Å². The number of hydrogen-bond donors (Lipinski definition) is 1. The summed E-state index contributed by atoms with van der Waals surface area (Å²) in [6, 6.07) is 12.1. The number of nitrogens with zero attached hydrogens (tertiary/aromatic N) is 1. The molecule has 1 heterocycles. The normalized spacial score (nSPS) is 13.8. The molecule has 0 saturated carbocycles. The lowest BCUT2D eigenvalue weighted by molar-refractivity contribution is -0.117. The molecule has 0 saturated heterocycles. The number of aryl methyl sites for hydroxylation is 1. The number of carbonyl (C=O) groups is 1. The first-order valence-corrected chi connectivity index (χ1v) is 8.97. The van der Waals surface area contributed by atoms with Gasteiger partial charge in [-0.1, -0.05) is 19.1 Å². The standard InChI is InChI=1S/C21H26N2O3/c1-4-15-5-7-18(8-6-15)22-21(24)14-23-10-9-16-11-19(25-2)20(26-3)12-17(16)13-23/h5-8,11-12H,4,9-10,13-14H2,1-3H3,(H,22,24).